The lowest BCUT2D eigenvalue weighted by molar-refractivity contribution is 0.251. The fraction of sp³-hybridized carbons (Fsp3) is 0.565. The molecule has 0 unspecified atom stereocenters. The summed E-state index contributed by atoms with van der Waals surface area (Å²) in [4.78, 5) is 0. The van der Waals surface area contributed by atoms with E-state index in [0.717, 1.165) is 12.3 Å². The molecule has 1 fully saturated rings. The first-order chi connectivity index (χ1) is 13.6. The molecule has 3 nitrogen and oxygen atoms in total. The summed E-state index contributed by atoms with van der Waals surface area (Å²) < 4.78 is 34.5. The summed E-state index contributed by atoms with van der Waals surface area (Å²) >= 11 is 0. The van der Waals surface area contributed by atoms with E-state index in [1.54, 1.807) is 24.3 Å². The van der Waals surface area contributed by atoms with E-state index >= 15 is 0 Å². The highest BCUT2D eigenvalue weighted by atomic mass is 19.2. The molecule has 1 aromatic heterocycles. The number of halogens is 2. The van der Waals surface area contributed by atoms with Gasteiger partial charge in [0.1, 0.15) is 0 Å². The van der Waals surface area contributed by atoms with E-state index in [2.05, 4.69) is 17.1 Å². The normalized spacial score (nSPS) is 19.6. The molecule has 0 saturated heterocycles. The largest absolute Gasteiger partial charge is 0.477 e. The van der Waals surface area contributed by atoms with Crippen molar-refractivity contribution in [3.8, 4) is 17.1 Å². The highest BCUT2D eigenvalue weighted by Crippen LogP contribution is 2.34. The van der Waals surface area contributed by atoms with E-state index in [1.165, 1.54) is 38.5 Å². The van der Waals surface area contributed by atoms with Gasteiger partial charge in [0.2, 0.25) is 5.88 Å². The summed E-state index contributed by atoms with van der Waals surface area (Å²) in [6, 6.07) is 6.51. The van der Waals surface area contributed by atoms with Gasteiger partial charge in [0, 0.05) is 11.6 Å². The van der Waals surface area contributed by atoms with Gasteiger partial charge in [0.05, 0.1) is 12.3 Å². The zero-order valence-electron chi connectivity index (χ0n) is 16.9. The molecule has 152 valence electrons. The Morgan fingerprint density at radius 3 is 2.21 bits per heavy atom. The zero-order valence-corrected chi connectivity index (χ0v) is 16.9. The van der Waals surface area contributed by atoms with Crippen LogP contribution < -0.4 is 4.74 Å². The Kier molecular flexibility index (Phi) is 7.35. The van der Waals surface area contributed by atoms with Crippen LogP contribution in [-0.2, 0) is 6.42 Å². The molecule has 1 aliphatic rings. The zero-order chi connectivity index (χ0) is 19.9. The average molecular weight is 389 g/mol. The summed E-state index contributed by atoms with van der Waals surface area (Å²) in [5.74, 6) is 0.269. The minimum Gasteiger partial charge on any atom is -0.477 e. The molecule has 5 heteroatoms. The van der Waals surface area contributed by atoms with Crippen molar-refractivity contribution in [1.29, 1.82) is 0 Å². The summed E-state index contributed by atoms with van der Waals surface area (Å²) in [5, 5.41) is 7.85. The molecule has 0 atom stereocenters. The second kappa shape index (κ2) is 9.94. The van der Waals surface area contributed by atoms with Crippen molar-refractivity contribution in [2.75, 3.05) is 6.61 Å². The molecule has 0 spiro atoms. The van der Waals surface area contributed by atoms with E-state index in [4.69, 9.17) is 4.74 Å². The van der Waals surface area contributed by atoms with Crippen molar-refractivity contribution in [3.63, 3.8) is 0 Å². The molecule has 2 aromatic rings. The minimum absolute atomic E-state index is 0.136. The van der Waals surface area contributed by atoms with Gasteiger partial charge in [0.15, 0.2) is 11.6 Å². The van der Waals surface area contributed by atoms with Crippen LogP contribution in [0.4, 0.5) is 8.78 Å². The molecule has 0 amide bonds. The van der Waals surface area contributed by atoms with Crippen LogP contribution in [0.25, 0.3) is 11.3 Å². The van der Waals surface area contributed by atoms with E-state index < -0.39 is 11.6 Å². The van der Waals surface area contributed by atoms with Crippen LogP contribution in [0.3, 0.4) is 0 Å². The van der Waals surface area contributed by atoms with Crippen molar-refractivity contribution in [3.05, 3.63) is 41.5 Å². The molecular formula is C23H30F2N2O. The van der Waals surface area contributed by atoms with Crippen molar-refractivity contribution in [2.45, 2.75) is 65.2 Å². The van der Waals surface area contributed by atoms with Crippen molar-refractivity contribution in [1.82, 2.24) is 10.2 Å². The predicted octanol–water partition coefficient (Wildman–Crippen LogP) is 6.36. The number of rotatable bonds is 8. The quantitative estimate of drug-likeness (QED) is 0.528. The Hall–Kier alpha value is -2.04. The van der Waals surface area contributed by atoms with E-state index in [-0.39, 0.29) is 5.56 Å². The SMILES string of the molecule is CCCC1CCC(CCc2ccc(-c3ccc(OCC)nn3)c(F)c2F)CC1. The van der Waals surface area contributed by atoms with Crippen LogP contribution in [0, 0.1) is 23.5 Å². The summed E-state index contributed by atoms with van der Waals surface area (Å²) in [5.41, 5.74) is 0.897. The van der Waals surface area contributed by atoms with Crippen LogP contribution >= 0.6 is 0 Å². The monoisotopic (exact) mass is 388 g/mol. The predicted molar refractivity (Wildman–Crippen MR) is 107 cm³/mol. The fourth-order valence-electron chi connectivity index (χ4n) is 4.25. The highest BCUT2D eigenvalue weighted by molar-refractivity contribution is 5.60. The van der Waals surface area contributed by atoms with Gasteiger partial charge in [-0.25, -0.2) is 8.78 Å². The Morgan fingerprint density at radius 1 is 0.893 bits per heavy atom. The lowest BCUT2D eigenvalue weighted by Gasteiger charge is -2.28. The van der Waals surface area contributed by atoms with Crippen molar-refractivity contribution < 1.29 is 13.5 Å². The third-order valence-electron chi connectivity index (χ3n) is 5.86. The number of aryl methyl sites for hydroxylation is 1. The van der Waals surface area contributed by atoms with Gasteiger partial charge in [-0.2, -0.15) is 0 Å². The van der Waals surface area contributed by atoms with E-state index in [0.29, 0.717) is 36.1 Å². The van der Waals surface area contributed by atoms with Gasteiger partial charge in [-0.1, -0.05) is 51.5 Å². The van der Waals surface area contributed by atoms with Crippen LogP contribution in [0.15, 0.2) is 24.3 Å². The van der Waals surface area contributed by atoms with Crippen LogP contribution in [-0.4, -0.2) is 16.8 Å². The molecule has 1 heterocycles. The number of hydrogen-bond donors (Lipinski definition) is 0. The van der Waals surface area contributed by atoms with Crippen molar-refractivity contribution >= 4 is 0 Å². The number of nitrogens with zero attached hydrogens (tertiary/aromatic N) is 2. The third-order valence-corrected chi connectivity index (χ3v) is 5.86. The highest BCUT2D eigenvalue weighted by Gasteiger charge is 2.22. The Morgan fingerprint density at radius 2 is 1.61 bits per heavy atom. The number of ether oxygens (including phenoxy) is 1. The standard InChI is InChI=1S/C23H30F2N2O/c1-3-5-16-6-8-17(9-7-16)10-11-18-12-13-19(23(25)22(18)24)20-14-15-21(27-26-20)28-4-2/h12-17H,3-11H2,1-2H3. The lowest BCUT2D eigenvalue weighted by atomic mass is 9.78. The Bertz CT molecular complexity index is 756. The first-order valence-corrected chi connectivity index (χ1v) is 10.6. The second-order valence-electron chi connectivity index (χ2n) is 7.80. The van der Waals surface area contributed by atoms with Crippen LogP contribution in [0.5, 0.6) is 5.88 Å². The maximum Gasteiger partial charge on any atom is 0.233 e. The first-order valence-electron chi connectivity index (χ1n) is 10.6. The summed E-state index contributed by atoms with van der Waals surface area (Å²) in [6.07, 6.45) is 9.09. The molecular weight excluding hydrogens is 358 g/mol. The lowest BCUT2D eigenvalue weighted by Crippen LogP contribution is -2.15. The van der Waals surface area contributed by atoms with Gasteiger partial charge >= 0.3 is 0 Å². The molecule has 1 aromatic carbocycles. The number of hydrogen-bond acceptors (Lipinski definition) is 3. The maximum atomic E-state index is 14.6. The molecule has 3 rings (SSSR count). The van der Waals surface area contributed by atoms with E-state index in [9.17, 15) is 8.78 Å². The molecule has 0 bridgehead atoms. The number of aromatic nitrogens is 2. The smallest absolute Gasteiger partial charge is 0.233 e. The third kappa shape index (κ3) is 5.06. The van der Waals surface area contributed by atoms with Crippen molar-refractivity contribution in [2.24, 2.45) is 11.8 Å². The first kappa shape index (κ1) is 20.7. The second-order valence-corrected chi connectivity index (χ2v) is 7.80. The average Bonchev–Trinajstić information content (AvgIpc) is 2.71. The van der Waals surface area contributed by atoms with Crippen LogP contribution in [0.2, 0.25) is 0 Å². The number of benzene rings is 1. The molecule has 0 aliphatic heterocycles. The molecule has 28 heavy (non-hydrogen) atoms. The summed E-state index contributed by atoms with van der Waals surface area (Å²) in [6.45, 7) is 4.57. The van der Waals surface area contributed by atoms with Gasteiger partial charge in [-0.15, -0.1) is 10.2 Å². The molecule has 1 aliphatic carbocycles. The fourth-order valence-corrected chi connectivity index (χ4v) is 4.25. The maximum absolute atomic E-state index is 14.6. The molecule has 0 N–H and O–H groups in total. The van der Waals surface area contributed by atoms with Gasteiger partial charge in [0.25, 0.3) is 0 Å². The topological polar surface area (TPSA) is 35.0 Å². The van der Waals surface area contributed by atoms with Crippen LogP contribution in [0.1, 0.15) is 64.4 Å². The summed E-state index contributed by atoms with van der Waals surface area (Å²) in [7, 11) is 0. The molecule has 1 saturated carbocycles. The van der Waals surface area contributed by atoms with E-state index in [1.807, 2.05) is 6.92 Å². The minimum atomic E-state index is -0.845. The molecule has 0 radical (unpaired) electrons. The van der Waals surface area contributed by atoms with Gasteiger partial charge in [-0.05, 0) is 49.3 Å². The Labute approximate surface area is 166 Å². The van der Waals surface area contributed by atoms with Gasteiger partial charge < -0.3 is 4.74 Å². The van der Waals surface area contributed by atoms with Gasteiger partial charge in [-0.3, -0.25) is 0 Å². The Balaban J connectivity index is 1.62.